The Labute approximate surface area is 132 Å². The number of ketones is 1. The van der Waals surface area contributed by atoms with Gasteiger partial charge in [0.1, 0.15) is 10.9 Å². The molecule has 3 nitrogen and oxygen atoms in total. The molecular formula is C14H14Cl2N2OS. The van der Waals surface area contributed by atoms with Crippen molar-refractivity contribution in [1.29, 1.82) is 0 Å². The number of hydrogen-bond acceptors (Lipinski definition) is 3. The second kappa shape index (κ2) is 6.66. The van der Waals surface area contributed by atoms with Gasteiger partial charge in [-0.2, -0.15) is 5.10 Å². The normalized spacial score (nSPS) is 10.8. The van der Waals surface area contributed by atoms with Crippen molar-refractivity contribution >= 4 is 40.7 Å². The van der Waals surface area contributed by atoms with E-state index in [4.69, 9.17) is 23.2 Å². The van der Waals surface area contributed by atoms with E-state index in [0.717, 1.165) is 16.2 Å². The zero-order valence-electron chi connectivity index (χ0n) is 11.2. The second-order valence-electron chi connectivity index (χ2n) is 4.44. The predicted octanol–water partition coefficient (Wildman–Crippen LogP) is 3.94. The van der Waals surface area contributed by atoms with Gasteiger partial charge in [-0.15, -0.1) is 11.8 Å². The van der Waals surface area contributed by atoms with E-state index in [9.17, 15) is 4.79 Å². The minimum atomic E-state index is 0.118. The molecule has 0 N–H and O–H groups in total. The summed E-state index contributed by atoms with van der Waals surface area (Å²) in [5.74, 6) is 0.512. The number of aromatic nitrogens is 2. The Bertz CT molecular complexity index is 640. The molecule has 2 aromatic rings. The number of carbonyl (C=O) groups excluding carboxylic acids is 1. The van der Waals surface area contributed by atoms with Crippen molar-refractivity contribution in [2.24, 2.45) is 7.05 Å². The SMILES string of the molecule is Cc1nn(C)c(Cl)c1CC(=O)CSc1cccc(Cl)c1. The number of halogens is 2. The molecule has 0 amide bonds. The van der Waals surface area contributed by atoms with Crippen molar-refractivity contribution in [3.05, 3.63) is 45.7 Å². The molecule has 0 saturated heterocycles. The molecule has 0 aliphatic rings. The van der Waals surface area contributed by atoms with Crippen molar-refractivity contribution < 1.29 is 4.79 Å². The van der Waals surface area contributed by atoms with Crippen molar-refractivity contribution in [3.8, 4) is 0 Å². The van der Waals surface area contributed by atoms with Crippen LogP contribution in [-0.4, -0.2) is 21.3 Å². The molecule has 6 heteroatoms. The summed E-state index contributed by atoms with van der Waals surface area (Å²) in [5.41, 5.74) is 1.62. The van der Waals surface area contributed by atoms with Crippen LogP contribution in [0.1, 0.15) is 11.3 Å². The number of aryl methyl sites for hydroxylation is 2. The van der Waals surface area contributed by atoms with Crippen LogP contribution in [0.3, 0.4) is 0 Å². The molecule has 2 rings (SSSR count). The van der Waals surface area contributed by atoms with Gasteiger partial charge in [-0.05, 0) is 25.1 Å². The summed E-state index contributed by atoms with van der Waals surface area (Å²) < 4.78 is 1.59. The third-order valence-electron chi connectivity index (χ3n) is 2.84. The Hall–Kier alpha value is -0.970. The first-order valence-corrected chi connectivity index (χ1v) is 7.79. The van der Waals surface area contributed by atoms with E-state index in [1.807, 2.05) is 31.2 Å². The van der Waals surface area contributed by atoms with Gasteiger partial charge in [0.05, 0.1) is 11.4 Å². The molecule has 0 aliphatic carbocycles. The third kappa shape index (κ3) is 3.78. The summed E-state index contributed by atoms with van der Waals surface area (Å²) in [6.45, 7) is 1.86. The van der Waals surface area contributed by atoms with E-state index in [2.05, 4.69) is 5.10 Å². The highest BCUT2D eigenvalue weighted by Crippen LogP contribution is 2.23. The van der Waals surface area contributed by atoms with Gasteiger partial charge in [0, 0.05) is 29.0 Å². The van der Waals surface area contributed by atoms with Gasteiger partial charge in [-0.25, -0.2) is 0 Å². The van der Waals surface area contributed by atoms with E-state index >= 15 is 0 Å². The smallest absolute Gasteiger partial charge is 0.147 e. The summed E-state index contributed by atoms with van der Waals surface area (Å²) in [7, 11) is 1.77. The lowest BCUT2D eigenvalue weighted by molar-refractivity contribution is -0.116. The maximum Gasteiger partial charge on any atom is 0.147 e. The lowest BCUT2D eigenvalue weighted by Gasteiger charge is -2.02. The molecule has 1 heterocycles. The van der Waals surface area contributed by atoms with Crippen LogP contribution >= 0.6 is 35.0 Å². The lowest BCUT2D eigenvalue weighted by atomic mass is 10.1. The predicted molar refractivity (Wildman–Crippen MR) is 83.8 cm³/mol. The van der Waals surface area contributed by atoms with Gasteiger partial charge in [0.25, 0.3) is 0 Å². The van der Waals surface area contributed by atoms with Crippen LogP contribution in [0.5, 0.6) is 0 Å². The van der Waals surface area contributed by atoms with E-state index in [-0.39, 0.29) is 5.78 Å². The molecule has 0 atom stereocenters. The van der Waals surface area contributed by atoms with Crippen LogP contribution in [0.15, 0.2) is 29.2 Å². The van der Waals surface area contributed by atoms with Gasteiger partial charge in [0.2, 0.25) is 0 Å². The van der Waals surface area contributed by atoms with E-state index in [1.54, 1.807) is 11.7 Å². The lowest BCUT2D eigenvalue weighted by Crippen LogP contribution is -2.06. The summed E-state index contributed by atoms with van der Waals surface area (Å²) in [6, 6.07) is 7.47. The highest BCUT2D eigenvalue weighted by molar-refractivity contribution is 8.00. The Morgan fingerprint density at radius 3 is 2.75 bits per heavy atom. The number of benzene rings is 1. The average Bonchev–Trinajstić information content (AvgIpc) is 2.63. The third-order valence-corrected chi connectivity index (χ3v) is 4.60. The molecule has 0 bridgehead atoms. The maximum atomic E-state index is 12.0. The van der Waals surface area contributed by atoms with Crippen molar-refractivity contribution in [1.82, 2.24) is 9.78 Å². The van der Waals surface area contributed by atoms with Crippen LogP contribution in [0.2, 0.25) is 10.2 Å². The molecule has 0 unspecified atom stereocenters. The van der Waals surface area contributed by atoms with Gasteiger partial charge in [0.15, 0.2) is 0 Å². The molecule has 1 aromatic heterocycles. The fraction of sp³-hybridized carbons (Fsp3) is 0.286. The highest BCUT2D eigenvalue weighted by Gasteiger charge is 2.15. The molecule has 0 aliphatic heterocycles. The minimum Gasteiger partial charge on any atom is -0.298 e. The van der Waals surface area contributed by atoms with E-state index < -0.39 is 0 Å². The minimum absolute atomic E-state index is 0.118. The fourth-order valence-corrected chi connectivity index (χ4v) is 3.15. The molecule has 0 saturated carbocycles. The number of carbonyl (C=O) groups is 1. The summed E-state index contributed by atoms with van der Waals surface area (Å²) in [4.78, 5) is 13.0. The van der Waals surface area contributed by atoms with E-state index in [0.29, 0.717) is 22.3 Å². The molecule has 20 heavy (non-hydrogen) atoms. The quantitative estimate of drug-likeness (QED) is 0.780. The zero-order chi connectivity index (χ0) is 14.7. The Morgan fingerprint density at radius 2 is 2.15 bits per heavy atom. The van der Waals surface area contributed by atoms with Crippen LogP contribution in [0, 0.1) is 6.92 Å². The Kier molecular flexibility index (Phi) is 5.13. The van der Waals surface area contributed by atoms with Crippen molar-refractivity contribution in [2.45, 2.75) is 18.2 Å². The van der Waals surface area contributed by atoms with E-state index in [1.165, 1.54) is 11.8 Å². The first kappa shape index (κ1) is 15.4. The van der Waals surface area contributed by atoms with Crippen molar-refractivity contribution in [2.75, 3.05) is 5.75 Å². The Balaban J connectivity index is 1.96. The molecule has 1 aromatic carbocycles. The average molecular weight is 329 g/mol. The van der Waals surface area contributed by atoms with Gasteiger partial charge in [-0.1, -0.05) is 29.3 Å². The molecular weight excluding hydrogens is 315 g/mol. The van der Waals surface area contributed by atoms with Gasteiger partial charge < -0.3 is 0 Å². The number of rotatable bonds is 5. The van der Waals surface area contributed by atoms with Crippen LogP contribution in [-0.2, 0) is 18.3 Å². The summed E-state index contributed by atoms with van der Waals surface area (Å²) in [5, 5.41) is 5.41. The first-order chi connectivity index (χ1) is 9.47. The molecule has 0 radical (unpaired) electrons. The summed E-state index contributed by atoms with van der Waals surface area (Å²) in [6.07, 6.45) is 0.312. The van der Waals surface area contributed by atoms with Crippen LogP contribution in [0.4, 0.5) is 0 Å². The molecule has 0 fully saturated rings. The van der Waals surface area contributed by atoms with Crippen molar-refractivity contribution in [3.63, 3.8) is 0 Å². The highest BCUT2D eigenvalue weighted by atomic mass is 35.5. The van der Waals surface area contributed by atoms with Gasteiger partial charge in [-0.3, -0.25) is 9.48 Å². The number of hydrogen-bond donors (Lipinski definition) is 0. The topological polar surface area (TPSA) is 34.9 Å². The fourth-order valence-electron chi connectivity index (χ4n) is 1.84. The summed E-state index contributed by atoms with van der Waals surface area (Å²) >= 11 is 13.5. The molecule has 106 valence electrons. The monoisotopic (exact) mass is 328 g/mol. The van der Waals surface area contributed by atoms with Crippen LogP contribution in [0.25, 0.3) is 0 Å². The first-order valence-electron chi connectivity index (χ1n) is 6.05. The standard InChI is InChI=1S/C14H14Cl2N2OS/c1-9-13(14(16)18(2)17-9)7-11(19)8-20-12-5-3-4-10(15)6-12/h3-6H,7-8H2,1-2H3. The molecule has 0 spiro atoms. The number of thioether (sulfide) groups is 1. The Morgan fingerprint density at radius 1 is 1.40 bits per heavy atom. The van der Waals surface area contributed by atoms with Gasteiger partial charge >= 0.3 is 0 Å². The second-order valence-corrected chi connectivity index (χ2v) is 6.28. The number of nitrogens with zero attached hydrogens (tertiary/aromatic N) is 2. The number of Topliss-reactive ketones (excluding diaryl/α,β-unsaturated/α-hetero) is 1. The van der Waals surface area contributed by atoms with Crippen LogP contribution < -0.4 is 0 Å². The maximum absolute atomic E-state index is 12.0. The zero-order valence-corrected chi connectivity index (χ0v) is 13.5. The largest absolute Gasteiger partial charge is 0.298 e.